The van der Waals surface area contributed by atoms with Crippen molar-refractivity contribution in [3.05, 3.63) is 35.1 Å². The van der Waals surface area contributed by atoms with Crippen molar-refractivity contribution in [2.45, 2.75) is 38.8 Å². The number of nitrogens with two attached hydrogens (primary N) is 1. The highest BCUT2D eigenvalue weighted by molar-refractivity contribution is 5.37. The van der Waals surface area contributed by atoms with E-state index in [0.717, 1.165) is 24.4 Å². The van der Waals surface area contributed by atoms with E-state index < -0.39 is 0 Å². The lowest BCUT2D eigenvalue weighted by Crippen LogP contribution is -2.46. The molecule has 20 heavy (non-hydrogen) atoms. The normalized spacial score (nSPS) is 23.5. The molecule has 4 heteroatoms. The molecule has 0 spiro atoms. The van der Waals surface area contributed by atoms with Gasteiger partial charge < -0.3 is 5.73 Å². The lowest BCUT2D eigenvalue weighted by molar-refractivity contribution is 0.107. The maximum absolute atomic E-state index is 13.2. The summed E-state index contributed by atoms with van der Waals surface area (Å²) < 4.78 is 13.2. The molecule has 2 N–H and O–H groups in total. The number of halogens is 1. The van der Waals surface area contributed by atoms with Crippen LogP contribution in [0.1, 0.15) is 37.3 Å². The van der Waals surface area contributed by atoms with Crippen LogP contribution in [0, 0.1) is 23.1 Å². The van der Waals surface area contributed by atoms with Crippen molar-refractivity contribution in [3.8, 4) is 6.07 Å². The Morgan fingerprint density at radius 3 is 2.95 bits per heavy atom. The summed E-state index contributed by atoms with van der Waals surface area (Å²) in [6, 6.07) is 6.90. The fraction of sp³-hybridized carbons (Fsp3) is 0.562. The van der Waals surface area contributed by atoms with E-state index in [2.05, 4.69) is 17.9 Å². The number of hydrogen-bond acceptors (Lipinski definition) is 3. The second kappa shape index (κ2) is 6.83. The monoisotopic (exact) mass is 275 g/mol. The first kappa shape index (κ1) is 15.0. The summed E-state index contributed by atoms with van der Waals surface area (Å²) in [7, 11) is 0. The summed E-state index contributed by atoms with van der Waals surface area (Å²) in [5, 5.41) is 9.12. The third kappa shape index (κ3) is 3.36. The fourth-order valence-corrected chi connectivity index (χ4v) is 3.02. The van der Waals surface area contributed by atoms with E-state index in [0.29, 0.717) is 24.7 Å². The molecule has 3 nitrogen and oxygen atoms in total. The zero-order valence-electron chi connectivity index (χ0n) is 12.0. The molecule has 0 amide bonds. The van der Waals surface area contributed by atoms with E-state index in [1.807, 2.05) is 0 Å². The zero-order valence-corrected chi connectivity index (χ0v) is 12.0. The molecule has 1 aromatic rings. The predicted molar refractivity (Wildman–Crippen MR) is 77.4 cm³/mol. The quantitative estimate of drug-likeness (QED) is 0.919. The molecular formula is C16H22FN3. The summed E-state index contributed by atoms with van der Waals surface area (Å²) in [6.45, 7) is 4.55. The van der Waals surface area contributed by atoms with Crippen LogP contribution in [0.3, 0.4) is 0 Å². The number of piperidine rings is 1. The Kier molecular flexibility index (Phi) is 5.11. The number of nitrogens with zero attached hydrogens (tertiary/aromatic N) is 2. The Labute approximate surface area is 120 Å². The van der Waals surface area contributed by atoms with Crippen molar-refractivity contribution in [2.75, 3.05) is 13.1 Å². The molecule has 1 aliphatic heterocycles. The molecule has 1 aromatic carbocycles. The fourth-order valence-electron chi connectivity index (χ4n) is 3.02. The van der Waals surface area contributed by atoms with Gasteiger partial charge in [0.15, 0.2) is 0 Å². The molecule has 108 valence electrons. The molecule has 1 saturated heterocycles. The highest BCUT2D eigenvalue weighted by atomic mass is 19.1. The van der Waals surface area contributed by atoms with Gasteiger partial charge in [-0.15, -0.1) is 0 Å². The Morgan fingerprint density at radius 1 is 1.50 bits per heavy atom. The van der Waals surface area contributed by atoms with Gasteiger partial charge in [-0.05, 0) is 43.0 Å². The summed E-state index contributed by atoms with van der Waals surface area (Å²) >= 11 is 0. The van der Waals surface area contributed by atoms with Crippen molar-refractivity contribution in [2.24, 2.45) is 11.7 Å². The van der Waals surface area contributed by atoms with Crippen molar-refractivity contribution < 1.29 is 4.39 Å². The maximum Gasteiger partial charge on any atom is 0.124 e. The Hall–Kier alpha value is -1.44. The smallest absolute Gasteiger partial charge is 0.124 e. The molecule has 0 saturated carbocycles. The third-order valence-corrected chi connectivity index (χ3v) is 4.36. The Balaban J connectivity index is 2.11. The number of likely N-dealkylation sites (tertiary alicyclic amines) is 1. The van der Waals surface area contributed by atoms with E-state index in [4.69, 9.17) is 11.0 Å². The predicted octanol–water partition coefficient (Wildman–Crippen LogP) is 2.65. The van der Waals surface area contributed by atoms with Gasteiger partial charge in [-0.3, -0.25) is 4.90 Å². The second-order valence-electron chi connectivity index (χ2n) is 5.57. The average Bonchev–Trinajstić information content (AvgIpc) is 2.49. The SMILES string of the molecule is CCC1CCN(Cc2ccc(F)cc2C#N)C(CN)C1. The van der Waals surface area contributed by atoms with E-state index >= 15 is 0 Å². The van der Waals surface area contributed by atoms with E-state index in [9.17, 15) is 4.39 Å². The van der Waals surface area contributed by atoms with Crippen LogP contribution in [-0.4, -0.2) is 24.0 Å². The largest absolute Gasteiger partial charge is 0.329 e. The third-order valence-electron chi connectivity index (χ3n) is 4.36. The molecule has 0 bridgehead atoms. The molecule has 0 radical (unpaired) electrons. The molecule has 2 atom stereocenters. The first-order valence-electron chi connectivity index (χ1n) is 7.30. The first-order chi connectivity index (χ1) is 9.67. The second-order valence-corrected chi connectivity index (χ2v) is 5.57. The van der Waals surface area contributed by atoms with Gasteiger partial charge >= 0.3 is 0 Å². The lowest BCUT2D eigenvalue weighted by Gasteiger charge is -2.39. The van der Waals surface area contributed by atoms with Gasteiger partial charge in [-0.1, -0.05) is 19.4 Å². The molecule has 1 aliphatic rings. The van der Waals surface area contributed by atoms with Crippen LogP contribution in [-0.2, 0) is 6.54 Å². The van der Waals surface area contributed by atoms with Crippen molar-refractivity contribution >= 4 is 0 Å². The van der Waals surface area contributed by atoms with E-state index in [-0.39, 0.29) is 5.82 Å². The molecular weight excluding hydrogens is 253 g/mol. The summed E-state index contributed by atoms with van der Waals surface area (Å²) in [6.07, 6.45) is 3.50. The first-order valence-corrected chi connectivity index (χ1v) is 7.30. The van der Waals surface area contributed by atoms with E-state index in [1.165, 1.54) is 25.0 Å². The summed E-state index contributed by atoms with van der Waals surface area (Å²) in [4.78, 5) is 2.33. The van der Waals surface area contributed by atoms with Crippen LogP contribution in [0.15, 0.2) is 18.2 Å². The number of benzene rings is 1. The van der Waals surface area contributed by atoms with Gasteiger partial charge in [0, 0.05) is 19.1 Å². The maximum atomic E-state index is 13.2. The van der Waals surface area contributed by atoms with Gasteiger partial charge in [0.1, 0.15) is 5.82 Å². The number of rotatable bonds is 4. The molecule has 2 unspecified atom stereocenters. The van der Waals surface area contributed by atoms with Crippen LogP contribution in [0.25, 0.3) is 0 Å². The minimum atomic E-state index is -0.356. The van der Waals surface area contributed by atoms with Gasteiger partial charge in [-0.25, -0.2) is 4.39 Å². The van der Waals surface area contributed by atoms with Gasteiger partial charge in [0.05, 0.1) is 11.6 Å². The average molecular weight is 275 g/mol. The van der Waals surface area contributed by atoms with Crippen LogP contribution < -0.4 is 5.73 Å². The molecule has 2 rings (SSSR count). The Bertz CT molecular complexity index is 495. The molecule has 0 aliphatic carbocycles. The molecule has 1 heterocycles. The van der Waals surface area contributed by atoms with Crippen molar-refractivity contribution in [1.82, 2.24) is 4.90 Å². The number of hydrogen-bond donors (Lipinski definition) is 1. The summed E-state index contributed by atoms with van der Waals surface area (Å²) in [5.41, 5.74) is 7.21. The molecule has 1 fully saturated rings. The van der Waals surface area contributed by atoms with Crippen LogP contribution in [0.4, 0.5) is 4.39 Å². The van der Waals surface area contributed by atoms with Crippen LogP contribution >= 0.6 is 0 Å². The van der Waals surface area contributed by atoms with Crippen molar-refractivity contribution in [1.29, 1.82) is 5.26 Å². The molecule has 0 aromatic heterocycles. The van der Waals surface area contributed by atoms with Crippen LogP contribution in [0.5, 0.6) is 0 Å². The summed E-state index contributed by atoms with van der Waals surface area (Å²) in [5.74, 6) is 0.397. The highest BCUT2D eigenvalue weighted by Crippen LogP contribution is 2.26. The van der Waals surface area contributed by atoms with E-state index in [1.54, 1.807) is 6.07 Å². The minimum Gasteiger partial charge on any atom is -0.329 e. The minimum absolute atomic E-state index is 0.356. The van der Waals surface area contributed by atoms with Gasteiger partial charge in [0.25, 0.3) is 0 Å². The topological polar surface area (TPSA) is 53.0 Å². The van der Waals surface area contributed by atoms with Gasteiger partial charge in [0.2, 0.25) is 0 Å². The standard InChI is InChI=1S/C16H22FN3/c1-2-12-5-6-20(16(7-12)10-19)11-13-3-4-15(17)8-14(13)9-18/h3-4,8,12,16H,2,5-7,10-11,19H2,1H3. The zero-order chi connectivity index (χ0) is 14.5. The lowest BCUT2D eigenvalue weighted by atomic mass is 9.88. The number of nitriles is 1. The highest BCUT2D eigenvalue weighted by Gasteiger charge is 2.27. The van der Waals surface area contributed by atoms with Crippen LogP contribution in [0.2, 0.25) is 0 Å². The van der Waals surface area contributed by atoms with Crippen molar-refractivity contribution in [3.63, 3.8) is 0 Å². The Morgan fingerprint density at radius 2 is 2.30 bits per heavy atom. The van der Waals surface area contributed by atoms with Gasteiger partial charge in [-0.2, -0.15) is 5.26 Å².